The Balaban J connectivity index is 1.78. The van der Waals surface area contributed by atoms with Gasteiger partial charge in [0, 0.05) is 26.5 Å². The van der Waals surface area contributed by atoms with E-state index in [1.807, 2.05) is 0 Å². The third-order valence-electron chi connectivity index (χ3n) is 6.18. The minimum absolute atomic E-state index is 0.0605. The zero-order valence-electron chi connectivity index (χ0n) is 20.0. The van der Waals surface area contributed by atoms with Crippen molar-refractivity contribution in [1.29, 1.82) is 0 Å². The molecule has 4 atom stereocenters. The second-order valence-electron chi connectivity index (χ2n) is 9.37. The molecule has 184 valence electrons. The normalized spacial score (nSPS) is 18.9. The standard InChI is InChI=1S/C26H33F2N3O3/c1-14(2)18-5-6-19-11-24(31-16(4)33)26(22(19)10-18)29-13-25(34)23(30-15(3)32)9-17-7-20(27)12-21(28)8-17/h5-8,10,12,14,23-26,29,34H,9,11,13H2,1-4H3,(H,30,32)(H,31,33). The summed E-state index contributed by atoms with van der Waals surface area (Å²) in [5.74, 6) is -1.59. The number of hydrogen-bond donors (Lipinski definition) is 4. The Hall–Kier alpha value is -2.84. The number of benzene rings is 2. The second kappa shape index (κ2) is 11.1. The molecule has 34 heavy (non-hydrogen) atoms. The zero-order valence-corrected chi connectivity index (χ0v) is 20.0. The second-order valence-corrected chi connectivity index (χ2v) is 9.37. The highest BCUT2D eigenvalue weighted by atomic mass is 19.1. The highest BCUT2D eigenvalue weighted by Gasteiger charge is 2.34. The molecule has 1 aliphatic rings. The molecule has 2 amide bonds. The van der Waals surface area contributed by atoms with Crippen LogP contribution in [0.1, 0.15) is 61.9 Å². The topological polar surface area (TPSA) is 90.5 Å². The van der Waals surface area contributed by atoms with E-state index in [9.17, 15) is 23.5 Å². The number of carbonyl (C=O) groups excluding carboxylic acids is 2. The summed E-state index contributed by atoms with van der Waals surface area (Å²) in [6, 6.07) is 8.29. The molecule has 3 rings (SSSR count). The quantitative estimate of drug-likeness (QED) is 0.451. The van der Waals surface area contributed by atoms with Gasteiger partial charge in [-0.25, -0.2) is 8.78 Å². The minimum atomic E-state index is -1.04. The summed E-state index contributed by atoms with van der Waals surface area (Å²) in [6.07, 6.45) is -0.311. The molecule has 4 N–H and O–H groups in total. The van der Waals surface area contributed by atoms with Gasteiger partial charge in [0.25, 0.3) is 0 Å². The number of halogens is 2. The highest BCUT2D eigenvalue weighted by molar-refractivity contribution is 5.74. The van der Waals surface area contributed by atoms with Crippen molar-refractivity contribution in [2.75, 3.05) is 6.54 Å². The fraction of sp³-hybridized carbons (Fsp3) is 0.462. The summed E-state index contributed by atoms with van der Waals surface area (Å²) in [5, 5.41) is 20.0. The molecule has 4 unspecified atom stereocenters. The predicted octanol–water partition coefficient (Wildman–Crippen LogP) is 2.89. The molecule has 0 aliphatic heterocycles. The van der Waals surface area contributed by atoms with Crippen LogP contribution in [0.5, 0.6) is 0 Å². The van der Waals surface area contributed by atoms with Crippen LogP contribution in [-0.4, -0.2) is 41.7 Å². The van der Waals surface area contributed by atoms with Crippen molar-refractivity contribution in [3.63, 3.8) is 0 Å². The molecule has 0 heterocycles. The molecule has 0 bridgehead atoms. The Labute approximate surface area is 199 Å². The monoisotopic (exact) mass is 473 g/mol. The minimum Gasteiger partial charge on any atom is -0.390 e. The number of amides is 2. The third-order valence-corrected chi connectivity index (χ3v) is 6.18. The van der Waals surface area contributed by atoms with E-state index in [1.165, 1.54) is 31.5 Å². The molecule has 0 saturated heterocycles. The first kappa shape index (κ1) is 25.8. The van der Waals surface area contributed by atoms with Crippen LogP contribution in [0.4, 0.5) is 8.78 Å². The summed E-state index contributed by atoms with van der Waals surface area (Å²) in [6.45, 7) is 7.13. The molecule has 0 spiro atoms. The van der Waals surface area contributed by atoms with Crippen LogP contribution in [0.15, 0.2) is 36.4 Å². The Morgan fingerprint density at radius 1 is 1.06 bits per heavy atom. The van der Waals surface area contributed by atoms with Crippen LogP contribution >= 0.6 is 0 Å². The van der Waals surface area contributed by atoms with Gasteiger partial charge in [-0.3, -0.25) is 9.59 Å². The Kier molecular flexibility index (Phi) is 8.38. The lowest BCUT2D eigenvalue weighted by molar-refractivity contribution is -0.121. The van der Waals surface area contributed by atoms with E-state index >= 15 is 0 Å². The Morgan fingerprint density at radius 2 is 1.74 bits per heavy atom. The zero-order chi connectivity index (χ0) is 25.0. The lowest BCUT2D eigenvalue weighted by Gasteiger charge is -2.28. The van der Waals surface area contributed by atoms with E-state index in [1.54, 1.807) is 0 Å². The van der Waals surface area contributed by atoms with Gasteiger partial charge in [-0.1, -0.05) is 32.0 Å². The molecule has 0 aromatic heterocycles. The van der Waals surface area contributed by atoms with E-state index in [0.717, 1.165) is 17.2 Å². The van der Waals surface area contributed by atoms with Crippen molar-refractivity contribution in [2.45, 2.75) is 70.7 Å². The van der Waals surface area contributed by atoms with Gasteiger partial charge < -0.3 is 21.1 Å². The first-order valence-electron chi connectivity index (χ1n) is 11.6. The van der Waals surface area contributed by atoms with E-state index < -0.39 is 23.8 Å². The van der Waals surface area contributed by atoms with Crippen LogP contribution in [-0.2, 0) is 22.4 Å². The van der Waals surface area contributed by atoms with Gasteiger partial charge >= 0.3 is 0 Å². The number of fused-ring (bicyclic) bond motifs is 1. The van der Waals surface area contributed by atoms with Gasteiger partial charge in [-0.15, -0.1) is 0 Å². The van der Waals surface area contributed by atoms with Crippen LogP contribution in [0.3, 0.4) is 0 Å². The first-order valence-corrected chi connectivity index (χ1v) is 11.6. The van der Waals surface area contributed by atoms with Crippen LogP contribution < -0.4 is 16.0 Å². The van der Waals surface area contributed by atoms with Crippen LogP contribution in [0.2, 0.25) is 0 Å². The molecule has 0 fully saturated rings. The Bertz CT molecular complexity index is 1020. The van der Waals surface area contributed by atoms with Gasteiger partial charge in [0.05, 0.1) is 24.2 Å². The van der Waals surface area contributed by atoms with Crippen molar-refractivity contribution >= 4 is 11.8 Å². The fourth-order valence-electron chi connectivity index (χ4n) is 4.58. The molecule has 2 aromatic rings. The maximum absolute atomic E-state index is 13.6. The lowest BCUT2D eigenvalue weighted by atomic mass is 9.96. The summed E-state index contributed by atoms with van der Waals surface area (Å²) in [5.41, 5.74) is 3.71. The summed E-state index contributed by atoms with van der Waals surface area (Å²) in [7, 11) is 0. The number of carbonyl (C=O) groups is 2. The Morgan fingerprint density at radius 3 is 2.32 bits per heavy atom. The third kappa shape index (κ3) is 6.61. The first-order chi connectivity index (χ1) is 16.0. The number of aliphatic hydroxyl groups is 1. The molecular formula is C26H33F2N3O3. The predicted molar refractivity (Wildman–Crippen MR) is 126 cm³/mol. The average molecular weight is 474 g/mol. The SMILES string of the molecule is CC(=O)NC(Cc1cc(F)cc(F)c1)C(O)CNC1c2cc(C(C)C)ccc2CC1NC(C)=O. The number of hydrogen-bond acceptors (Lipinski definition) is 4. The van der Waals surface area contributed by atoms with Gasteiger partial charge in [-0.05, 0) is 53.1 Å². The van der Waals surface area contributed by atoms with Gasteiger partial charge in [0.15, 0.2) is 0 Å². The van der Waals surface area contributed by atoms with E-state index in [0.29, 0.717) is 17.9 Å². The van der Waals surface area contributed by atoms with Crippen LogP contribution in [0, 0.1) is 11.6 Å². The maximum atomic E-state index is 13.6. The number of aliphatic hydroxyl groups excluding tert-OH is 1. The molecule has 1 aliphatic carbocycles. The van der Waals surface area contributed by atoms with Gasteiger partial charge in [-0.2, -0.15) is 0 Å². The molecule has 0 radical (unpaired) electrons. The van der Waals surface area contributed by atoms with E-state index in [-0.39, 0.29) is 36.9 Å². The maximum Gasteiger partial charge on any atom is 0.217 e. The summed E-state index contributed by atoms with van der Waals surface area (Å²) < 4.78 is 27.3. The fourth-order valence-corrected chi connectivity index (χ4v) is 4.58. The van der Waals surface area contributed by atoms with E-state index in [2.05, 4.69) is 48.0 Å². The largest absolute Gasteiger partial charge is 0.390 e. The molecular weight excluding hydrogens is 440 g/mol. The van der Waals surface area contributed by atoms with Crippen molar-refractivity contribution < 1.29 is 23.5 Å². The molecule has 2 aromatic carbocycles. The molecule has 0 saturated carbocycles. The van der Waals surface area contributed by atoms with Crippen molar-refractivity contribution in [3.05, 3.63) is 70.3 Å². The number of rotatable bonds is 9. The van der Waals surface area contributed by atoms with Gasteiger partial charge in [0.2, 0.25) is 11.8 Å². The highest BCUT2D eigenvalue weighted by Crippen LogP contribution is 2.34. The van der Waals surface area contributed by atoms with Crippen molar-refractivity contribution in [1.82, 2.24) is 16.0 Å². The van der Waals surface area contributed by atoms with E-state index in [4.69, 9.17) is 0 Å². The molecule has 6 nitrogen and oxygen atoms in total. The summed E-state index contributed by atoms with van der Waals surface area (Å²) >= 11 is 0. The average Bonchev–Trinajstić information content (AvgIpc) is 3.05. The number of nitrogens with one attached hydrogen (secondary N) is 3. The molecule has 8 heteroatoms. The lowest BCUT2D eigenvalue weighted by Crippen LogP contribution is -2.50. The smallest absolute Gasteiger partial charge is 0.217 e. The van der Waals surface area contributed by atoms with Crippen molar-refractivity contribution in [3.8, 4) is 0 Å². The van der Waals surface area contributed by atoms with Crippen molar-refractivity contribution in [2.24, 2.45) is 0 Å². The van der Waals surface area contributed by atoms with Crippen LogP contribution in [0.25, 0.3) is 0 Å². The summed E-state index contributed by atoms with van der Waals surface area (Å²) in [4.78, 5) is 23.5. The van der Waals surface area contributed by atoms with Gasteiger partial charge in [0.1, 0.15) is 11.6 Å².